The normalized spacial score (nSPS) is 12.8. The highest BCUT2D eigenvalue weighted by Gasteiger charge is 2.10. The predicted octanol–water partition coefficient (Wildman–Crippen LogP) is 4.32. The number of hydrogen-bond acceptors (Lipinski definition) is 3. The van der Waals surface area contributed by atoms with Gasteiger partial charge in [-0.25, -0.2) is 4.39 Å². The van der Waals surface area contributed by atoms with Crippen LogP contribution >= 0.6 is 11.8 Å². The minimum atomic E-state index is -0.168. The molecule has 0 aliphatic heterocycles. The van der Waals surface area contributed by atoms with Gasteiger partial charge in [-0.3, -0.25) is 4.68 Å². The molecule has 0 saturated carbocycles. The van der Waals surface area contributed by atoms with Crippen molar-refractivity contribution >= 4 is 11.8 Å². The van der Waals surface area contributed by atoms with Gasteiger partial charge >= 0.3 is 0 Å². The Kier molecular flexibility index (Phi) is 6.03. The Labute approximate surface area is 136 Å². The average Bonchev–Trinajstić information content (AvgIpc) is 2.96. The minimum Gasteiger partial charge on any atom is -0.306 e. The molecule has 0 saturated heterocycles. The third-order valence-corrected chi connectivity index (χ3v) is 4.32. The molecule has 0 fully saturated rings. The van der Waals surface area contributed by atoms with Gasteiger partial charge in [0, 0.05) is 36.1 Å². The van der Waals surface area contributed by atoms with Gasteiger partial charge in [0.2, 0.25) is 0 Å². The van der Waals surface area contributed by atoms with E-state index in [4.69, 9.17) is 0 Å². The van der Waals surface area contributed by atoms with Crippen LogP contribution in [-0.4, -0.2) is 16.0 Å². The fourth-order valence-corrected chi connectivity index (χ4v) is 2.88. The molecule has 0 amide bonds. The van der Waals surface area contributed by atoms with E-state index >= 15 is 0 Å². The van der Waals surface area contributed by atoms with E-state index in [1.807, 2.05) is 23.2 Å². The van der Waals surface area contributed by atoms with Crippen LogP contribution in [0.3, 0.4) is 0 Å². The van der Waals surface area contributed by atoms with Crippen LogP contribution in [0.1, 0.15) is 49.5 Å². The molecule has 3 nitrogen and oxygen atoms in total. The molecule has 120 valence electrons. The number of nitrogens with zero attached hydrogens (tertiary/aromatic N) is 2. The number of halogens is 1. The first-order chi connectivity index (χ1) is 10.5. The van der Waals surface area contributed by atoms with Crippen LogP contribution in [0.2, 0.25) is 0 Å². The first-order valence-corrected chi connectivity index (χ1v) is 8.94. The number of thioether (sulfide) groups is 1. The second-order valence-electron chi connectivity index (χ2n) is 5.80. The van der Waals surface area contributed by atoms with E-state index in [0.717, 1.165) is 23.4 Å². The lowest BCUT2D eigenvalue weighted by Gasteiger charge is -2.15. The molecule has 1 aromatic carbocycles. The molecule has 0 spiro atoms. The Morgan fingerprint density at radius 1 is 1.27 bits per heavy atom. The van der Waals surface area contributed by atoms with Gasteiger partial charge in [-0.2, -0.15) is 16.9 Å². The number of benzene rings is 1. The second kappa shape index (κ2) is 7.79. The van der Waals surface area contributed by atoms with Crippen molar-refractivity contribution in [2.24, 2.45) is 0 Å². The lowest BCUT2D eigenvalue weighted by molar-refractivity contribution is 0.528. The number of aromatic nitrogens is 2. The quantitative estimate of drug-likeness (QED) is 0.824. The number of hydrogen-bond donors (Lipinski definition) is 1. The Hall–Kier alpha value is -1.33. The van der Waals surface area contributed by atoms with Crippen LogP contribution in [0.4, 0.5) is 4.39 Å². The Balaban J connectivity index is 2.02. The molecule has 0 bridgehead atoms. The summed E-state index contributed by atoms with van der Waals surface area (Å²) in [5, 5.41) is 7.87. The van der Waals surface area contributed by atoms with Gasteiger partial charge in [0.1, 0.15) is 5.82 Å². The van der Waals surface area contributed by atoms with E-state index in [1.165, 1.54) is 11.6 Å². The van der Waals surface area contributed by atoms with Crippen molar-refractivity contribution in [3.63, 3.8) is 0 Å². The topological polar surface area (TPSA) is 29.9 Å². The van der Waals surface area contributed by atoms with Crippen molar-refractivity contribution in [1.82, 2.24) is 15.1 Å². The van der Waals surface area contributed by atoms with E-state index in [0.29, 0.717) is 6.04 Å². The zero-order valence-electron chi connectivity index (χ0n) is 13.6. The Morgan fingerprint density at radius 3 is 2.68 bits per heavy atom. The lowest BCUT2D eigenvalue weighted by atomic mass is 10.1. The maximum absolute atomic E-state index is 13.4. The molecule has 2 aromatic rings. The Morgan fingerprint density at radius 2 is 2.05 bits per heavy atom. The van der Waals surface area contributed by atoms with Gasteiger partial charge in [-0.1, -0.05) is 6.07 Å². The van der Waals surface area contributed by atoms with Gasteiger partial charge in [-0.05, 0) is 50.3 Å². The summed E-state index contributed by atoms with van der Waals surface area (Å²) >= 11 is 1.71. The summed E-state index contributed by atoms with van der Waals surface area (Å²) in [5.41, 5.74) is 3.38. The highest BCUT2D eigenvalue weighted by atomic mass is 32.2. The smallest absolute Gasteiger partial charge is 0.123 e. The summed E-state index contributed by atoms with van der Waals surface area (Å²) in [4.78, 5) is 0. The van der Waals surface area contributed by atoms with Crippen molar-refractivity contribution in [3.05, 3.63) is 53.1 Å². The van der Waals surface area contributed by atoms with Gasteiger partial charge in [-0.15, -0.1) is 0 Å². The predicted molar refractivity (Wildman–Crippen MR) is 91.5 cm³/mol. The van der Waals surface area contributed by atoms with E-state index in [2.05, 4.69) is 37.4 Å². The summed E-state index contributed by atoms with van der Waals surface area (Å²) < 4.78 is 15.3. The molecule has 0 aliphatic rings. The van der Waals surface area contributed by atoms with Crippen molar-refractivity contribution < 1.29 is 4.39 Å². The molecule has 0 aliphatic carbocycles. The van der Waals surface area contributed by atoms with E-state index < -0.39 is 0 Å². The summed E-state index contributed by atoms with van der Waals surface area (Å²) in [6, 6.07) is 5.61. The third kappa shape index (κ3) is 4.34. The van der Waals surface area contributed by atoms with Crippen LogP contribution in [0, 0.1) is 5.82 Å². The second-order valence-corrected chi connectivity index (χ2v) is 6.66. The lowest BCUT2D eigenvalue weighted by Crippen LogP contribution is -2.18. The molecule has 2 rings (SSSR count). The highest BCUT2D eigenvalue weighted by molar-refractivity contribution is 7.97. The maximum atomic E-state index is 13.4. The van der Waals surface area contributed by atoms with Crippen LogP contribution in [0.15, 0.2) is 30.6 Å². The molecule has 1 N–H and O–H groups in total. The molecule has 1 aromatic heterocycles. The van der Waals surface area contributed by atoms with Gasteiger partial charge < -0.3 is 5.32 Å². The zero-order valence-corrected chi connectivity index (χ0v) is 14.5. The molecule has 1 unspecified atom stereocenters. The molecular formula is C17H24FN3S. The largest absolute Gasteiger partial charge is 0.306 e. The molecule has 22 heavy (non-hydrogen) atoms. The van der Waals surface area contributed by atoms with Crippen LogP contribution in [0.25, 0.3) is 0 Å². The van der Waals surface area contributed by atoms with Gasteiger partial charge in [0.05, 0.1) is 6.20 Å². The number of nitrogens with one attached hydrogen (secondary N) is 1. The SMILES string of the molecule is CSCc1cc(F)ccc1CNC(C)c1cnn(C(C)C)c1. The average molecular weight is 321 g/mol. The van der Waals surface area contributed by atoms with Crippen molar-refractivity contribution in [2.75, 3.05) is 6.26 Å². The standard InChI is InChI=1S/C17H24FN3S/c1-12(2)21-10-16(9-20-21)13(3)19-8-14-5-6-17(18)7-15(14)11-22-4/h5-7,9-10,12-13,19H,8,11H2,1-4H3. The molecule has 1 atom stereocenters. The maximum Gasteiger partial charge on any atom is 0.123 e. The van der Waals surface area contributed by atoms with Gasteiger partial charge in [0.25, 0.3) is 0 Å². The molecule has 5 heteroatoms. The van der Waals surface area contributed by atoms with E-state index in [1.54, 1.807) is 17.8 Å². The number of rotatable bonds is 7. The monoisotopic (exact) mass is 321 g/mol. The molecular weight excluding hydrogens is 297 g/mol. The summed E-state index contributed by atoms with van der Waals surface area (Å²) in [6.07, 6.45) is 6.02. The first kappa shape index (κ1) is 17.0. The zero-order chi connectivity index (χ0) is 16.1. The molecule has 1 heterocycles. The summed E-state index contributed by atoms with van der Waals surface area (Å²) in [5.74, 6) is 0.660. The van der Waals surface area contributed by atoms with Crippen molar-refractivity contribution in [1.29, 1.82) is 0 Å². The molecule has 0 radical (unpaired) electrons. The Bertz CT molecular complexity index is 610. The van der Waals surface area contributed by atoms with Crippen LogP contribution in [0.5, 0.6) is 0 Å². The van der Waals surface area contributed by atoms with Crippen molar-refractivity contribution in [3.8, 4) is 0 Å². The van der Waals surface area contributed by atoms with E-state index in [-0.39, 0.29) is 11.9 Å². The third-order valence-electron chi connectivity index (χ3n) is 3.72. The van der Waals surface area contributed by atoms with Crippen LogP contribution < -0.4 is 5.32 Å². The fraction of sp³-hybridized carbons (Fsp3) is 0.471. The van der Waals surface area contributed by atoms with Gasteiger partial charge in [0.15, 0.2) is 0 Å². The highest BCUT2D eigenvalue weighted by Crippen LogP contribution is 2.19. The van der Waals surface area contributed by atoms with E-state index in [9.17, 15) is 4.39 Å². The van der Waals surface area contributed by atoms with Crippen LogP contribution in [-0.2, 0) is 12.3 Å². The first-order valence-electron chi connectivity index (χ1n) is 7.55. The summed E-state index contributed by atoms with van der Waals surface area (Å²) in [6.45, 7) is 7.08. The minimum absolute atomic E-state index is 0.168. The fourth-order valence-electron chi connectivity index (χ4n) is 2.30. The summed E-state index contributed by atoms with van der Waals surface area (Å²) in [7, 11) is 0. The van der Waals surface area contributed by atoms with Crippen molar-refractivity contribution in [2.45, 2.75) is 45.2 Å².